The molecule has 0 saturated carbocycles. The molecule has 0 aliphatic carbocycles. The van der Waals surface area contributed by atoms with Crippen LogP contribution in [0.5, 0.6) is 0 Å². The lowest BCUT2D eigenvalue weighted by Gasteiger charge is -2.29. The summed E-state index contributed by atoms with van der Waals surface area (Å²) in [6.45, 7) is 2.79. The monoisotopic (exact) mass is 361 g/mol. The number of carbonyl (C=O) groups is 2. The summed E-state index contributed by atoms with van der Waals surface area (Å²) in [5.41, 5.74) is 3.50. The highest BCUT2D eigenvalue weighted by atomic mass is 32.1. The lowest BCUT2D eigenvalue weighted by Crippen LogP contribution is -2.40. The van der Waals surface area contributed by atoms with Crippen LogP contribution in [0.25, 0.3) is 0 Å². The average molecular weight is 361 g/mol. The first kappa shape index (κ1) is 17.3. The summed E-state index contributed by atoms with van der Waals surface area (Å²) in [5.74, 6) is 0.232. The second-order valence-corrected chi connectivity index (χ2v) is 6.45. The molecule has 0 unspecified atom stereocenters. The lowest BCUT2D eigenvalue weighted by molar-refractivity contribution is -0.117. The van der Waals surface area contributed by atoms with Crippen LogP contribution in [-0.4, -0.2) is 48.1 Å². The van der Waals surface area contributed by atoms with E-state index >= 15 is 0 Å². The summed E-state index contributed by atoms with van der Waals surface area (Å²) < 4.78 is 5.02. The zero-order chi connectivity index (χ0) is 17.8. The molecule has 132 valence electrons. The van der Waals surface area contributed by atoms with Gasteiger partial charge in [-0.15, -0.1) is 11.3 Å². The molecule has 3 rings (SSSR count). The van der Waals surface area contributed by atoms with Crippen LogP contribution in [0.15, 0.2) is 23.2 Å². The number of amides is 2. The van der Waals surface area contributed by atoms with Crippen molar-refractivity contribution in [3.05, 3.63) is 34.4 Å². The van der Waals surface area contributed by atoms with Crippen molar-refractivity contribution in [3.63, 3.8) is 0 Å². The Kier molecular flexibility index (Phi) is 5.25. The molecule has 0 radical (unpaired) electrons. The molecule has 9 heteroatoms. The highest BCUT2D eigenvalue weighted by molar-refractivity contribution is 7.07. The minimum Gasteiger partial charge on any atom is -0.383 e. The summed E-state index contributed by atoms with van der Waals surface area (Å²) in [6.07, 6.45) is 1.50. The van der Waals surface area contributed by atoms with Crippen LogP contribution >= 0.6 is 11.3 Å². The predicted octanol–water partition coefficient (Wildman–Crippen LogP) is 1.26. The molecule has 25 heavy (non-hydrogen) atoms. The van der Waals surface area contributed by atoms with Gasteiger partial charge in [-0.3, -0.25) is 9.59 Å². The first-order chi connectivity index (χ1) is 12.1. The zero-order valence-electron chi connectivity index (χ0n) is 14.0. The van der Waals surface area contributed by atoms with Gasteiger partial charge in [-0.25, -0.2) is 9.97 Å². The fraction of sp³-hybridized carbons (Fsp3) is 0.375. The fourth-order valence-electron chi connectivity index (χ4n) is 2.56. The third kappa shape index (κ3) is 3.94. The minimum atomic E-state index is -0.258. The smallest absolute Gasteiger partial charge is 0.253 e. The average Bonchev–Trinajstić information content (AvgIpc) is 3.10. The Bertz CT molecular complexity index is 765. The number of nitrogens with one attached hydrogen (secondary N) is 2. The molecular formula is C16H19N5O3S. The third-order valence-electron chi connectivity index (χ3n) is 3.73. The van der Waals surface area contributed by atoms with Crippen LogP contribution in [0.3, 0.4) is 0 Å². The van der Waals surface area contributed by atoms with Gasteiger partial charge >= 0.3 is 0 Å². The van der Waals surface area contributed by atoms with Gasteiger partial charge < -0.3 is 20.3 Å². The van der Waals surface area contributed by atoms with E-state index in [0.717, 1.165) is 5.69 Å². The van der Waals surface area contributed by atoms with Crippen molar-refractivity contribution in [2.24, 2.45) is 0 Å². The van der Waals surface area contributed by atoms with Crippen molar-refractivity contribution in [1.82, 2.24) is 15.3 Å². The number of fused-ring (bicyclic) bond motifs is 1. The van der Waals surface area contributed by atoms with Crippen molar-refractivity contribution >= 4 is 34.7 Å². The number of hydrogen-bond donors (Lipinski definition) is 2. The number of pyridine rings is 1. The summed E-state index contributed by atoms with van der Waals surface area (Å²) in [7, 11) is 1.58. The number of carbonyl (C=O) groups excluding carboxylic acids is 2. The molecular weight excluding hydrogens is 342 g/mol. The van der Waals surface area contributed by atoms with Gasteiger partial charge in [0.2, 0.25) is 5.91 Å². The molecule has 8 nitrogen and oxygen atoms in total. The van der Waals surface area contributed by atoms with E-state index < -0.39 is 0 Å². The molecule has 0 fully saturated rings. The predicted molar refractivity (Wildman–Crippen MR) is 94.8 cm³/mol. The van der Waals surface area contributed by atoms with E-state index in [1.54, 1.807) is 23.6 Å². The van der Waals surface area contributed by atoms with Gasteiger partial charge in [0.05, 0.1) is 42.2 Å². The van der Waals surface area contributed by atoms with E-state index in [-0.39, 0.29) is 24.4 Å². The molecule has 1 atom stereocenters. The van der Waals surface area contributed by atoms with Gasteiger partial charge in [0.1, 0.15) is 0 Å². The normalized spacial score (nSPS) is 14.6. The van der Waals surface area contributed by atoms with Gasteiger partial charge in [-0.05, 0) is 13.0 Å². The summed E-state index contributed by atoms with van der Waals surface area (Å²) in [5, 5.41) is 7.71. The number of nitrogens with zero attached hydrogens (tertiary/aromatic N) is 3. The van der Waals surface area contributed by atoms with Crippen LogP contribution in [0.1, 0.15) is 23.0 Å². The summed E-state index contributed by atoms with van der Waals surface area (Å²) >= 11 is 1.47. The highest BCUT2D eigenvalue weighted by Gasteiger charge is 2.26. The SMILES string of the molecule is COC[C@H](C)NC(=O)c1cnc2c(c1)N(Cc1cscn1)C(=O)CN2. The molecule has 0 spiro atoms. The van der Waals surface area contributed by atoms with Crippen LogP contribution < -0.4 is 15.5 Å². The third-order valence-corrected chi connectivity index (χ3v) is 4.36. The first-order valence-corrected chi connectivity index (χ1v) is 8.74. The number of thiazole rings is 1. The van der Waals surface area contributed by atoms with Gasteiger partial charge in [0, 0.05) is 24.7 Å². The largest absolute Gasteiger partial charge is 0.383 e. The Morgan fingerprint density at radius 1 is 1.52 bits per heavy atom. The maximum Gasteiger partial charge on any atom is 0.253 e. The Hall–Kier alpha value is -2.52. The molecule has 0 saturated heterocycles. The Labute approximate surface area is 149 Å². The van der Waals surface area contributed by atoms with E-state index in [9.17, 15) is 9.59 Å². The number of methoxy groups -OCH3 is 1. The summed E-state index contributed by atoms with van der Waals surface area (Å²) in [6, 6.07) is 1.55. The van der Waals surface area contributed by atoms with Gasteiger partial charge in [-0.1, -0.05) is 0 Å². The second kappa shape index (κ2) is 7.58. The number of aromatic nitrogens is 2. The summed E-state index contributed by atoms with van der Waals surface area (Å²) in [4.78, 5) is 34.8. The fourth-order valence-corrected chi connectivity index (χ4v) is 3.11. The van der Waals surface area contributed by atoms with Crippen molar-refractivity contribution in [3.8, 4) is 0 Å². The van der Waals surface area contributed by atoms with Crippen molar-refractivity contribution in [2.75, 3.05) is 30.5 Å². The second-order valence-electron chi connectivity index (χ2n) is 5.73. The molecule has 2 aromatic heterocycles. The molecule has 1 aliphatic rings. The van der Waals surface area contributed by atoms with Gasteiger partial charge in [0.15, 0.2) is 5.82 Å². The van der Waals surface area contributed by atoms with Crippen molar-refractivity contribution < 1.29 is 14.3 Å². The van der Waals surface area contributed by atoms with Crippen molar-refractivity contribution in [2.45, 2.75) is 19.5 Å². The Balaban J connectivity index is 1.84. The maximum absolute atomic E-state index is 12.4. The Morgan fingerprint density at radius 3 is 3.08 bits per heavy atom. The van der Waals surface area contributed by atoms with Gasteiger partial charge in [0.25, 0.3) is 5.91 Å². The topological polar surface area (TPSA) is 96.4 Å². The Morgan fingerprint density at radius 2 is 2.36 bits per heavy atom. The minimum absolute atomic E-state index is 0.0902. The number of anilines is 2. The van der Waals surface area contributed by atoms with E-state index in [4.69, 9.17) is 4.74 Å². The molecule has 3 heterocycles. The van der Waals surface area contributed by atoms with E-state index in [0.29, 0.717) is 30.2 Å². The van der Waals surface area contributed by atoms with Crippen molar-refractivity contribution in [1.29, 1.82) is 0 Å². The quantitative estimate of drug-likeness (QED) is 0.804. The van der Waals surface area contributed by atoms with Gasteiger partial charge in [-0.2, -0.15) is 0 Å². The van der Waals surface area contributed by atoms with Crippen LogP contribution in [0.2, 0.25) is 0 Å². The maximum atomic E-state index is 12.4. The first-order valence-electron chi connectivity index (χ1n) is 7.79. The highest BCUT2D eigenvalue weighted by Crippen LogP contribution is 2.29. The van der Waals surface area contributed by atoms with E-state index in [1.807, 2.05) is 12.3 Å². The zero-order valence-corrected chi connectivity index (χ0v) is 14.8. The number of rotatable bonds is 6. The molecule has 1 aliphatic heterocycles. The molecule has 0 bridgehead atoms. The number of hydrogen-bond acceptors (Lipinski definition) is 7. The molecule has 2 aromatic rings. The molecule has 0 aromatic carbocycles. The van der Waals surface area contributed by atoms with Crippen LogP contribution in [0.4, 0.5) is 11.5 Å². The van der Waals surface area contributed by atoms with Crippen LogP contribution in [-0.2, 0) is 16.1 Å². The molecule has 2 amide bonds. The number of ether oxygens (including phenoxy) is 1. The molecule has 2 N–H and O–H groups in total. The van der Waals surface area contributed by atoms with E-state index in [1.165, 1.54) is 17.5 Å². The van der Waals surface area contributed by atoms with E-state index in [2.05, 4.69) is 20.6 Å². The lowest BCUT2D eigenvalue weighted by atomic mass is 10.1. The van der Waals surface area contributed by atoms with Crippen LogP contribution in [0, 0.1) is 0 Å². The standard InChI is InChI=1S/C16H19N5O3S/c1-10(7-24-2)20-16(23)11-3-13-15(17-4-11)18-5-14(22)21(13)6-12-8-25-9-19-12/h3-4,8-10H,5-7H2,1-2H3,(H,17,18)(H,20,23)/t10-/m0/s1.